The zero-order valence-electron chi connectivity index (χ0n) is 13.0. The van der Waals surface area contributed by atoms with Gasteiger partial charge in [0.15, 0.2) is 0 Å². The Kier molecular flexibility index (Phi) is 4.97. The van der Waals surface area contributed by atoms with Crippen LogP contribution in [0, 0.1) is 5.82 Å². The Morgan fingerprint density at radius 1 is 1.00 bits per heavy atom. The predicted molar refractivity (Wildman–Crippen MR) is 76.1 cm³/mol. The molecule has 27 heavy (non-hydrogen) atoms. The summed E-state index contributed by atoms with van der Waals surface area (Å²) >= 11 is 0. The third-order valence-corrected chi connectivity index (χ3v) is 3.21. The molecule has 0 saturated heterocycles. The molecule has 3 aromatic rings. The van der Waals surface area contributed by atoms with Crippen molar-refractivity contribution >= 4 is 0 Å². The van der Waals surface area contributed by atoms with Gasteiger partial charge in [0.1, 0.15) is 5.82 Å². The highest BCUT2D eigenvalue weighted by molar-refractivity contribution is 5.49. The van der Waals surface area contributed by atoms with Crippen molar-refractivity contribution in [1.29, 1.82) is 0 Å². The average molecular weight is 390 g/mol. The molecule has 6 nitrogen and oxygen atoms in total. The van der Waals surface area contributed by atoms with Crippen LogP contribution in [0.25, 0.3) is 11.5 Å². The van der Waals surface area contributed by atoms with Crippen molar-refractivity contribution in [2.45, 2.75) is 18.7 Å². The van der Waals surface area contributed by atoms with Crippen LogP contribution in [0.2, 0.25) is 0 Å². The van der Waals surface area contributed by atoms with E-state index in [1.54, 1.807) is 0 Å². The van der Waals surface area contributed by atoms with Crippen molar-refractivity contribution in [2.75, 3.05) is 0 Å². The van der Waals surface area contributed by atoms with Gasteiger partial charge in [-0.3, -0.25) is 0 Å². The number of rotatable bonds is 5. The number of aromatic nitrogens is 4. The molecule has 12 heteroatoms. The molecule has 0 bridgehead atoms. The molecule has 2 heterocycles. The second-order valence-corrected chi connectivity index (χ2v) is 5.06. The lowest BCUT2D eigenvalue weighted by Gasteiger charge is -2.21. The number of benzene rings is 1. The molecule has 0 aliphatic rings. The zero-order valence-corrected chi connectivity index (χ0v) is 13.0. The van der Waals surface area contributed by atoms with Crippen LogP contribution in [-0.4, -0.2) is 26.3 Å². The molecular formula is C15H8F6N4O2. The van der Waals surface area contributed by atoms with Gasteiger partial charge in [0, 0.05) is 18.0 Å². The van der Waals surface area contributed by atoms with Gasteiger partial charge < -0.3 is 9.15 Å². The van der Waals surface area contributed by atoms with Gasteiger partial charge in [-0.1, -0.05) is 18.2 Å². The van der Waals surface area contributed by atoms with E-state index in [2.05, 4.69) is 24.6 Å². The van der Waals surface area contributed by atoms with Gasteiger partial charge in [0.05, 0.1) is 5.56 Å². The fourth-order valence-corrected chi connectivity index (χ4v) is 2.03. The number of alkyl halides is 5. The van der Waals surface area contributed by atoms with Crippen LogP contribution in [0.5, 0.6) is 6.01 Å². The van der Waals surface area contributed by atoms with Crippen LogP contribution in [-0.2, 0) is 0 Å². The first-order chi connectivity index (χ1) is 12.8. The first kappa shape index (κ1) is 18.6. The number of halogens is 6. The monoisotopic (exact) mass is 390 g/mol. The third kappa shape index (κ3) is 4.15. The number of hydrogen-bond acceptors (Lipinski definition) is 6. The Labute approximate surface area is 146 Å². The minimum Gasteiger partial charge on any atom is -0.445 e. The summed E-state index contributed by atoms with van der Waals surface area (Å²) in [6.45, 7) is 0. The topological polar surface area (TPSA) is 73.9 Å². The van der Waals surface area contributed by atoms with Gasteiger partial charge in [0.2, 0.25) is 6.10 Å². The summed E-state index contributed by atoms with van der Waals surface area (Å²) in [4.78, 5) is 7.09. The van der Waals surface area contributed by atoms with Gasteiger partial charge >= 0.3 is 18.6 Å². The van der Waals surface area contributed by atoms with E-state index in [0.29, 0.717) is 0 Å². The molecule has 0 saturated carbocycles. The van der Waals surface area contributed by atoms with Gasteiger partial charge in [-0.2, -0.15) is 22.0 Å². The van der Waals surface area contributed by atoms with Gasteiger partial charge in [0.25, 0.3) is 11.8 Å². The highest BCUT2D eigenvalue weighted by atomic mass is 19.4. The quantitative estimate of drug-likeness (QED) is 0.606. The Balaban J connectivity index is 1.84. The maximum Gasteiger partial charge on any atom is 0.429 e. The first-order valence-electron chi connectivity index (χ1n) is 7.17. The zero-order chi connectivity index (χ0) is 19.6. The van der Waals surface area contributed by atoms with E-state index in [9.17, 15) is 26.3 Å². The molecule has 0 radical (unpaired) electrons. The largest absolute Gasteiger partial charge is 0.445 e. The fraction of sp³-hybridized carbons (Fsp3) is 0.200. The van der Waals surface area contributed by atoms with Crippen molar-refractivity contribution in [2.24, 2.45) is 0 Å². The van der Waals surface area contributed by atoms with Crippen molar-refractivity contribution < 1.29 is 35.5 Å². The normalized spacial score (nSPS) is 13.0. The van der Waals surface area contributed by atoms with E-state index in [4.69, 9.17) is 4.74 Å². The molecule has 0 aliphatic carbocycles. The minimum absolute atomic E-state index is 0.0174. The Hall–Kier alpha value is -3.18. The number of hydrogen-bond donors (Lipinski definition) is 0. The molecule has 1 unspecified atom stereocenters. The van der Waals surface area contributed by atoms with Crippen LogP contribution in [0.3, 0.4) is 0 Å². The summed E-state index contributed by atoms with van der Waals surface area (Å²) in [7, 11) is 0. The summed E-state index contributed by atoms with van der Waals surface area (Å²) in [6, 6.07) is 3.53. The van der Waals surface area contributed by atoms with E-state index in [1.165, 1.54) is 12.1 Å². The molecule has 0 fully saturated rings. The molecule has 0 aliphatic heterocycles. The summed E-state index contributed by atoms with van der Waals surface area (Å²) in [5.41, 5.74) is -0.757. The van der Waals surface area contributed by atoms with Crippen molar-refractivity contribution in [1.82, 2.24) is 20.2 Å². The summed E-state index contributed by atoms with van der Waals surface area (Å²) in [6.07, 6.45) is -8.68. The Morgan fingerprint density at radius 2 is 1.67 bits per heavy atom. The Morgan fingerprint density at radius 3 is 2.22 bits per heavy atom. The molecular weight excluding hydrogens is 382 g/mol. The SMILES string of the molecule is Fc1ccccc1C(Oc1ncc(-c2nnc(C(F)F)o2)cn1)C(F)(F)F. The van der Waals surface area contributed by atoms with Gasteiger partial charge in [-0.15, -0.1) is 10.2 Å². The predicted octanol–water partition coefficient (Wildman–Crippen LogP) is 4.29. The smallest absolute Gasteiger partial charge is 0.429 e. The van der Waals surface area contributed by atoms with E-state index < -0.39 is 42.0 Å². The molecule has 2 aromatic heterocycles. The van der Waals surface area contributed by atoms with Crippen LogP contribution in [0.15, 0.2) is 41.1 Å². The molecule has 0 N–H and O–H groups in total. The van der Waals surface area contributed by atoms with Crippen molar-refractivity contribution in [3.8, 4) is 17.5 Å². The highest BCUT2D eigenvalue weighted by Gasteiger charge is 2.45. The van der Waals surface area contributed by atoms with Crippen LogP contribution in [0.4, 0.5) is 26.3 Å². The minimum atomic E-state index is -4.94. The van der Waals surface area contributed by atoms with Crippen LogP contribution in [0.1, 0.15) is 24.0 Å². The molecule has 0 spiro atoms. The van der Waals surface area contributed by atoms with Crippen LogP contribution >= 0.6 is 0 Å². The number of ether oxygens (including phenoxy) is 1. The second kappa shape index (κ2) is 7.21. The third-order valence-electron chi connectivity index (χ3n) is 3.21. The molecule has 1 atom stereocenters. The van der Waals surface area contributed by atoms with Crippen LogP contribution < -0.4 is 4.74 Å². The van der Waals surface area contributed by atoms with Gasteiger partial charge in [-0.05, 0) is 6.07 Å². The average Bonchev–Trinajstić information content (AvgIpc) is 3.10. The fourth-order valence-electron chi connectivity index (χ4n) is 2.03. The van der Waals surface area contributed by atoms with E-state index >= 15 is 0 Å². The lowest BCUT2D eigenvalue weighted by Crippen LogP contribution is -2.27. The van der Waals surface area contributed by atoms with E-state index in [-0.39, 0.29) is 11.5 Å². The molecule has 0 amide bonds. The highest BCUT2D eigenvalue weighted by Crippen LogP contribution is 2.37. The Bertz CT molecular complexity index is 913. The lowest BCUT2D eigenvalue weighted by atomic mass is 10.1. The maximum absolute atomic E-state index is 13.7. The molecule has 3 rings (SSSR count). The first-order valence-corrected chi connectivity index (χ1v) is 7.17. The van der Waals surface area contributed by atoms with Crippen molar-refractivity contribution in [3.63, 3.8) is 0 Å². The standard InChI is InChI=1S/C15H8F6N4O2/c16-9-4-2-1-3-8(9)10(15(19,20)21)26-14-22-5-7(6-23-14)12-24-25-13(27-12)11(17)18/h1-6,10-11H. The maximum atomic E-state index is 13.7. The second-order valence-electron chi connectivity index (χ2n) is 5.06. The summed E-state index contributed by atoms with van der Waals surface area (Å²) in [5.74, 6) is -2.39. The van der Waals surface area contributed by atoms with Gasteiger partial charge in [-0.25, -0.2) is 14.4 Å². The molecule has 142 valence electrons. The molecule has 1 aromatic carbocycles. The summed E-state index contributed by atoms with van der Waals surface area (Å²) < 4.78 is 87.7. The van der Waals surface area contributed by atoms with Crippen molar-refractivity contribution in [3.05, 3.63) is 53.9 Å². The number of nitrogens with zero attached hydrogens (tertiary/aromatic N) is 4. The van der Waals surface area contributed by atoms with E-state index in [0.717, 1.165) is 24.5 Å². The lowest BCUT2D eigenvalue weighted by molar-refractivity contribution is -0.200. The van der Waals surface area contributed by atoms with E-state index in [1.807, 2.05) is 0 Å². The summed E-state index contributed by atoms with van der Waals surface area (Å²) in [5, 5.41) is 6.45.